The van der Waals surface area contributed by atoms with Crippen LogP contribution in [0.5, 0.6) is 5.75 Å². The van der Waals surface area contributed by atoms with Gasteiger partial charge in [-0.15, -0.1) is 0 Å². The molecule has 3 rings (SSSR count). The van der Waals surface area contributed by atoms with Crippen LogP contribution in [0.2, 0.25) is 5.02 Å². The molecule has 0 aromatic heterocycles. The minimum atomic E-state index is -0.582. The van der Waals surface area contributed by atoms with Crippen molar-refractivity contribution in [3.63, 3.8) is 0 Å². The van der Waals surface area contributed by atoms with Crippen molar-refractivity contribution in [1.82, 2.24) is 5.43 Å². The molecule has 0 heterocycles. The molecule has 0 unspecified atom stereocenters. The van der Waals surface area contributed by atoms with Crippen molar-refractivity contribution in [3.05, 3.63) is 99.1 Å². The number of halogens is 1. The van der Waals surface area contributed by atoms with Crippen LogP contribution in [0.1, 0.15) is 22.8 Å². The van der Waals surface area contributed by atoms with Gasteiger partial charge in [0.25, 0.3) is 17.5 Å². The Morgan fingerprint density at radius 3 is 2.45 bits per heavy atom. The molecule has 168 valence electrons. The molecule has 0 saturated heterocycles. The van der Waals surface area contributed by atoms with Crippen molar-refractivity contribution in [2.45, 2.75) is 6.92 Å². The van der Waals surface area contributed by atoms with Crippen molar-refractivity contribution in [2.75, 3.05) is 11.9 Å². The van der Waals surface area contributed by atoms with Crippen LogP contribution in [0, 0.1) is 10.1 Å². The van der Waals surface area contributed by atoms with Gasteiger partial charge in [0, 0.05) is 28.4 Å². The molecular formula is C23H19ClN4O5. The van der Waals surface area contributed by atoms with Crippen LogP contribution in [0.15, 0.2) is 77.9 Å². The second kappa shape index (κ2) is 10.9. The molecule has 3 aromatic rings. The molecule has 0 radical (unpaired) electrons. The number of nitro benzene ring substituents is 1. The summed E-state index contributed by atoms with van der Waals surface area (Å²) < 4.78 is 5.42. The summed E-state index contributed by atoms with van der Waals surface area (Å²) in [6.07, 6.45) is 0. The van der Waals surface area contributed by atoms with Crippen molar-refractivity contribution in [2.24, 2.45) is 5.10 Å². The summed E-state index contributed by atoms with van der Waals surface area (Å²) in [6, 6.07) is 18.9. The van der Waals surface area contributed by atoms with Crippen LogP contribution in [-0.4, -0.2) is 29.1 Å². The van der Waals surface area contributed by atoms with E-state index in [1.807, 2.05) is 0 Å². The summed E-state index contributed by atoms with van der Waals surface area (Å²) in [6.45, 7) is 1.50. The fourth-order valence-corrected chi connectivity index (χ4v) is 2.85. The Labute approximate surface area is 194 Å². The molecule has 0 aliphatic rings. The Kier molecular flexibility index (Phi) is 7.72. The van der Waals surface area contributed by atoms with Gasteiger partial charge in [-0.3, -0.25) is 19.7 Å². The van der Waals surface area contributed by atoms with E-state index in [-0.39, 0.29) is 23.8 Å². The lowest BCUT2D eigenvalue weighted by molar-refractivity contribution is -0.384. The first kappa shape index (κ1) is 23.4. The number of carbonyl (C=O) groups excluding carboxylic acids is 2. The number of hydrazone groups is 1. The van der Waals surface area contributed by atoms with E-state index < -0.39 is 10.8 Å². The molecular weight excluding hydrogens is 448 g/mol. The molecule has 0 fully saturated rings. The number of nitrogens with zero attached hydrogens (tertiary/aromatic N) is 2. The van der Waals surface area contributed by atoms with Crippen molar-refractivity contribution < 1.29 is 19.2 Å². The zero-order valence-electron chi connectivity index (χ0n) is 17.4. The van der Waals surface area contributed by atoms with Gasteiger partial charge in [-0.1, -0.05) is 29.8 Å². The number of ether oxygens (including phenoxy) is 1. The fraction of sp³-hybridized carbons (Fsp3) is 0.0870. The summed E-state index contributed by atoms with van der Waals surface area (Å²) in [5.74, 6) is -0.414. The molecule has 2 N–H and O–H groups in total. The quantitative estimate of drug-likeness (QED) is 0.289. The third-order valence-corrected chi connectivity index (χ3v) is 4.64. The van der Waals surface area contributed by atoms with Crippen LogP contribution < -0.4 is 15.5 Å². The van der Waals surface area contributed by atoms with Crippen molar-refractivity contribution in [1.29, 1.82) is 0 Å². The van der Waals surface area contributed by atoms with Crippen molar-refractivity contribution >= 4 is 40.5 Å². The van der Waals surface area contributed by atoms with Gasteiger partial charge in [-0.05, 0) is 55.0 Å². The Morgan fingerprint density at radius 1 is 1.03 bits per heavy atom. The van der Waals surface area contributed by atoms with Crippen LogP contribution >= 0.6 is 11.6 Å². The van der Waals surface area contributed by atoms with Gasteiger partial charge in [0.15, 0.2) is 6.61 Å². The van der Waals surface area contributed by atoms with E-state index >= 15 is 0 Å². The lowest BCUT2D eigenvalue weighted by atomic mass is 10.1. The SMILES string of the molecule is C/C(=N\NC(=O)c1cccc([N+](=O)[O-])c1)c1cccc(NC(=O)COc2ccc(Cl)cc2)c1. The Hall–Kier alpha value is -4.24. The Morgan fingerprint density at radius 2 is 1.73 bits per heavy atom. The molecule has 9 nitrogen and oxygen atoms in total. The van der Waals surface area contributed by atoms with Gasteiger partial charge in [0.05, 0.1) is 10.6 Å². The second-order valence-electron chi connectivity index (χ2n) is 6.82. The van der Waals surface area contributed by atoms with Gasteiger partial charge in [-0.25, -0.2) is 5.43 Å². The Balaban J connectivity index is 1.59. The Bertz CT molecular complexity index is 1210. The minimum Gasteiger partial charge on any atom is -0.484 e. The average Bonchev–Trinajstić information content (AvgIpc) is 2.82. The maximum atomic E-state index is 12.3. The first-order valence-corrected chi connectivity index (χ1v) is 10.1. The van der Waals surface area contributed by atoms with Crippen LogP contribution in [0.4, 0.5) is 11.4 Å². The average molecular weight is 467 g/mol. The molecule has 0 spiro atoms. The highest BCUT2D eigenvalue weighted by Gasteiger charge is 2.11. The highest BCUT2D eigenvalue weighted by molar-refractivity contribution is 6.30. The van der Waals surface area contributed by atoms with Gasteiger partial charge >= 0.3 is 0 Å². The number of hydrogen-bond acceptors (Lipinski definition) is 6. The molecule has 33 heavy (non-hydrogen) atoms. The topological polar surface area (TPSA) is 123 Å². The van der Waals surface area contributed by atoms with Crippen molar-refractivity contribution in [3.8, 4) is 5.75 Å². The number of amides is 2. The predicted octanol–water partition coefficient (Wildman–Crippen LogP) is 4.42. The standard InChI is InChI=1S/C23H19ClN4O5/c1-15(26-27-23(30)17-5-3-7-20(13-17)28(31)32)16-4-2-6-19(12-16)25-22(29)14-33-21-10-8-18(24)9-11-21/h2-13H,14H2,1H3,(H,25,29)(H,27,30)/b26-15+. The van der Waals surface area contributed by atoms with E-state index in [2.05, 4.69) is 15.8 Å². The lowest BCUT2D eigenvalue weighted by Gasteiger charge is -2.09. The third-order valence-electron chi connectivity index (χ3n) is 4.39. The monoisotopic (exact) mass is 466 g/mol. The summed E-state index contributed by atoms with van der Waals surface area (Å²) >= 11 is 5.82. The van der Waals surface area contributed by atoms with Gasteiger partial charge in [-0.2, -0.15) is 5.10 Å². The molecule has 2 amide bonds. The summed E-state index contributed by atoms with van der Waals surface area (Å²) in [5.41, 5.74) is 3.96. The largest absolute Gasteiger partial charge is 0.484 e. The van der Waals surface area contributed by atoms with Gasteiger partial charge < -0.3 is 10.1 Å². The van der Waals surface area contributed by atoms with E-state index in [9.17, 15) is 19.7 Å². The summed E-state index contributed by atoms with van der Waals surface area (Å²) in [7, 11) is 0. The van der Waals surface area contributed by atoms with E-state index in [0.29, 0.717) is 27.7 Å². The molecule has 0 bridgehead atoms. The third kappa shape index (κ3) is 6.88. The van der Waals surface area contributed by atoms with Crippen LogP contribution in [-0.2, 0) is 4.79 Å². The lowest BCUT2D eigenvalue weighted by Crippen LogP contribution is -2.21. The molecule has 0 atom stereocenters. The molecule has 0 aliphatic heterocycles. The fourth-order valence-electron chi connectivity index (χ4n) is 2.72. The minimum absolute atomic E-state index is 0.113. The van der Waals surface area contributed by atoms with Crippen LogP contribution in [0.25, 0.3) is 0 Å². The maximum absolute atomic E-state index is 12.3. The summed E-state index contributed by atoms with van der Waals surface area (Å²) in [5, 5.41) is 18.2. The zero-order valence-corrected chi connectivity index (χ0v) is 18.2. The molecule has 0 aliphatic carbocycles. The van der Waals surface area contributed by atoms with E-state index in [1.165, 1.54) is 24.3 Å². The van der Waals surface area contributed by atoms with E-state index in [4.69, 9.17) is 16.3 Å². The first-order valence-electron chi connectivity index (χ1n) is 9.69. The summed E-state index contributed by atoms with van der Waals surface area (Å²) in [4.78, 5) is 34.7. The normalized spacial score (nSPS) is 10.9. The number of non-ortho nitro benzene ring substituents is 1. The molecule has 0 saturated carbocycles. The number of benzene rings is 3. The maximum Gasteiger partial charge on any atom is 0.271 e. The highest BCUT2D eigenvalue weighted by Crippen LogP contribution is 2.16. The number of anilines is 1. The number of carbonyl (C=O) groups is 2. The number of rotatable bonds is 8. The number of hydrogen-bond donors (Lipinski definition) is 2. The molecule has 3 aromatic carbocycles. The molecule has 10 heteroatoms. The smallest absolute Gasteiger partial charge is 0.271 e. The predicted molar refractivity (Wildman–Crippen MR) is 125 cm³/mol. The van der Waals surface area contributed by atoms with E-state index in [0.717, 1.165) is 0 Å². The number of nitrogens with one attached hydrogen (secondary N) is 2. The van der Waals surface area contributed by atoms with Crippen LogP contribution in [0.3, 0.4) is 0 Å². The highest BCUT2D eigenvalue weighted by atomic mass is 35.5. The number of nitro groups is 1. The van der Waals surface area contributed by atoms with E-state index in [1.54, 1.807) is 55.5 Å². The van der Waals surface area contributed by atoms with Gasteiger partial charge in [0.1, 0.15) is 5.75 Å². The zero-order chi connectivity index (χ0) is 23.8. The first-order chi connectivity index (χ1) is 15.8. The van der Waals surface area contributed by atoms with Gasteiger partial charge in [0.2, 0.25) is 0 Å². The second-order valence-corrected chi connectivity index (χ2v) is 7.25.